The fourth-order valence-electron chi connectivity index (χ4n) is 7.01. The summed E-state index contributed by atoms with van der Waals surface area (Å²) < 4.78 is 12.0. The molecule has 1 aliphatic rings. The van der Waals surface area contributed by atoms with Crippen molar-refractivity contribution in [3.63, 3.8) is 0 Å². The molecule has 3 rings (SSSR count). The molecule has 47 heavy (non-hydrogen) atoms. The van der Waals surface area contributed by atoms with Crippen LogP contribution in [0.2, 0.25) is 0 Å². The first kappa shape index (κ1) is 38.6. The summed E-state index contributed by atoms with van der Waals surface area (Å²) in [5.41, 5.74) is 1.13. The number of carbonyl (C=O) groups is 3. The second-order valence-corrected chi connectivity index (χ2v) is 14.5. The van der Waals surface area contributed by atoms with Gasteiger partial charge in [0.25, 0.3) is 0 Å². The molecule has 2 aromatic rings. The van der Waals surface area contributed by atoms with Crippen LogP contribution in [0.25, 0.3) is 0 Å². The Bertz CT molecular complexity index is 1240. The number of aromatic nitrogens is 1. The minimum Gasteiger partial charge on any atom is -0.379 e. The highest BCUT2D eigenvalue weighted by atomic mass is 32.1. The van der Waals surface area contributed by atoms with Crippen LogP contribution >= 0.6 is 11.3 Å². The van der Waals surface area contributed by atoms with Crippen molar-refractivity contribution in [1.82, 2.24) is 19.7 Å². The van der Waals surface area contributed by atoms with Gasteiger partial charge in [-0.3, -0.25) is 14.4 Å². The first-order valence-corrected chi connectivity index (χ1v) is 18.1. The topological polar surface area (TPSA) is 92.3 Å². The largest absolute Gasteiger partial charge is 0.379 e. The maximum absolute atomic E-state index is 14.1. The van der Waals surface area contributed by atoms with Crippen LogP contribution in [0.1, 0.15) is 89.8 Å². The van der Waals surface area contributed by atoms with Crippen LogP contribution in [0.3, 0.4) is 0 Å². The van der Waals surface area contributed by atoms with Crippen LogP contribution in [0.5, 0.6) is 0 Å². The Morgan fingerprint density at radius 3 is 2.32 bits per heavy atom. The zero-order valence-electron chi connectivity index (χ0n) is 30.1. The van der Waals surface area contributed by atoms with Crippen molar-refractivity contribution in [3.05, 3.63) is 52.5 Å². The van der Waals surface area contributed by atoms with E-state index in [-0.39, 0.29) is 48.2 Å². The molecular formula is C37H58N4O5S. The molecule has 2 heterocycles. The predicted molar refractivity (Wildman–Crippen MR) is 188 cm³/mol. The van der Waals surface area contributed by atoms with Crippen molar-refractivity contribution in [2.24, 2.45) is 17.8 Å². The minimum absolute atomic E-state index is 0.0320. The number of ether oxygens (including phenoxy) is 2. The maximum Gasteiger partial charge on any atom is 0.228 e. The third-order valence-corrected chi connectivity index (χ3v) is 10.9. The first-order valence-electron chi connectivity index (χ1n) is 17.3. The van der Waals surface area contributed by atoms with Crippen molar-refractivity contribution in [2.75, 3.05) is 34.9 Å². The molecule has 0 bridgehead atoms. The number of hydrogen-bond acceptors (Lipinski definition) is 7. The fraction of sp³-hybridized carbons (Fsp3) is 0.676. The summed E-state index contributed by atoms with van der Waals surface area (Å²) in [6.45, 7) is 11.0. The highest BCUT2D eigenvalue weighted by molar-refractivity contribution is 7.09. The molecule has 7 atom stereocenters. The Labute approximate surface area is 287 Å². The lowest BCUT2D eigenvalue weighted by Gasteiger charge is -2.40. The van der Waals surface area contributed by atoms with E-state index in [9.17, 15) is 14.4 Å². The van der Waals surface area contributed by atoms with Gasteiger partial charge in [-0.1, -0.05) is 71.4 Å². The summed E-state index contributed by atoms with van der Waals surface area (Å²) >= 11 is 1.55. The normalized spacial score (nSPS) is 18.8. The third-order valence-electron chi connectivity index (χ3n) is 10.0. The zero-order valence-corrected chi connectivity index (χ0v) is 30.9. The van der Waals surface area contributed by atoms with E-state index < -0.39 is 18.1 Å². The molecule has 1 aromatic carbocycles. The van der Waals surface area contributed by atoms with Crippen molar-refractivity contribution >= 4 is 29.1 Å². The number of likely N-dealkylation sites (N-methyl/N-ethyl adjacent to an activating group) is 2. The van der Waals surface area contributed by atoms with Crippen molar-refractivity contribution in [2.45, 2.75) is 110 Å². The van der Waals surface area contributed by atoms with Crippen LogP contribution < -0.4 is 0 Å². The Morgan fingerprint density at radius 2 is 1.74 bits per heavy atom. The predicted octanol–water partition coefficient (Wildman–Crippen LogP) is 6.24. The van der Waals surface area contributed by atoms with Crippen molar-refractivity contribution < 1.29 is 23.9 Å². The lowest BCUT2D eigenvalue weighted by atomic mass is 9.90. The molecular weight excluding hydrogens is 612 g/mol. The molecule has 1 aliphatic heterocycles. The number of hydrogen-bond donors (Lipinski definition) is 0. The van der Waals surface area contributed by atoms with Crippen LogP contribution in [-0.4, -0.2) is 96.6 Å². The van der Waals surface area contributed by atoms with Crippen LogP contribution in [0, 0.1) is 17.8 Å². The van der Waals surface area contributed by atoms with Crippen LogP contribution in [0.15, 0.2) is 41.9 Å². The number of amides is 3. The summed E-state index contributed by atoms with van der Waals surface area (Å²) in [4.78, 5) is 51.4. The summed E-state index contributed by atoms with van der Waals surface area (Å²) in [5.74, 6) is 0.105. The molecule has 0 aliphatic carbocycles. The van der Waals surface area contributed by atoms with E-state index in [0.717, 1.165) is 36.3 Å². The molecule has 1 fully saturated rings. The molecule has 0 N–H and O–H groups in total. The monoisotopic (exact) mass is 670 g/mol. The van der Waals surface area contributed by atoms with Crippen LogP contribution in [-0.2, 0) is 30.3 Å². The second kappa shape index (κ2) is 18.7. The zero-order chi connectivity index (χ0) is 34.7. The molecule has 0 saturated carbocycles. The van der Waals surface area contributed by atoms with Gasteiger partial charge in [0.1, 0.15) is 5.01 Å². The van der Waals surface area contributed by atoms with Gasteiger partial charge < -0.3 is 24.2 Å². The highest BCUT2D eigenvalue weighted by Crippen LogP contribution is 2.32. The third kappa shape index (κ3) is 10.1. The number of rotatable bonds is 18. The van der Waals surface area contributed by atoms with E-state index in [0.29, 0.717) is 25.3 Å². The second-order valence-electron chi connectivity index (χ2n) is 13.6. The minimum atomic E-state index is -0.488. The molecule has 0 radical (unpaired) electrons. The van der Waals surface area contributed by atoms with Gasteiger partial charge in [-0.15, -0.1) is 11.3 Å². The molecule has 10 heteroatoms. The average molecular weight is 671 g/mol. The van der Waals surface area contributed by atoms with E-state index in [1.165, 1.54) is 0 Å². The number of carbonyl (C=O) groups excluding carboxylic acids is 3. The quantitative estimate of drug-likeness (QED) is 0.187. The molecule has 7 unspecified atom stereocenters. The van der Waals surface area contributed by atoms with Crippen molar-refractivity contribution in [1.29, 1.82) is 0 Å². The summed E-state index contributed by atoms with van der Waals surface area (Å²) in [6.07, 6.45) is 5.41. The Balaban J connectivity index is 1.77. The van der Waals surface area contributed by atoms with Gasteiger partial charge >= 0.3 is 0 Å². The highest BCUT2D eigenvalue weighted by Gasteiger charge is 2.43. The molecule has 0 spiro atoms. The summed E-state index contributed by atoms with van der Waals surface area (Å²) in [7, 11) is 6.95. The van der Waals surface area contributed by atoms with Gasteiger partial charge in [0.15, 0.2) is 0 Å². The standard InChI is InChI=1S/C37H58N4O5S/c1-10-26(4)34(40(7)32(42)19-18-25(2)3)31(45-8)24-33(43)41-21-14-17-29(41)35(46-9)27(5)37(44)39(6)30(36-38-20-22-47-36)23-28-15-12-11-13-16-28/h11-13,15-16,20,22,25-27,29-31,34-35H,10,14,17-19,21,23-24H2,1-9H3. The summed E-state index contributed by atoms with van der Waals surface area (Å²) in [5, 5.41) is 2.82. The van der Waals surface area contributed by atoms with E-state index in [1.54, 1.807) is 36.7 Å². The van der Waals surface area contributed by atoms with Crippen molar-refractivity contribution in [3.8, 4) is 0 Å². The van der Waals surface area contributed by atoms with Gasteiger partial charge in [0.05, 0.1) is 42.7 Å². The Morgan fingerprint density at radius 1 is 1.04 bits per heavy atom. The van der Waals surface area contributed by atoms with Gasteiger partial charge in [-0.05, 0) is 43.1 Å². The van der Waals surface area contributed by atoms with Gasteiger partial charge in [0.2, 0.25) is 17.7 Å². The fourth-order valence-corrected chi connectivity index (χ4v) is 7.79. The Kier molecular flexibility index (Phi) is 15.3. The van der Waals surface area contributed by atoms with E-state index in [1.807, 2.05) is 54.4 Å². The van der Waals surface area contributed by atoms with E-state index in [4.69, 9.17) is 9.47 Å². The lowest BCUT2D eigenvalue weighted by molar-refractivity contribution is -0.148. The van der Waals surface area contributed by atoms with E-state index >= 15 is 0 Å². The molecule has 1 saturated heterocycles. The van der Waals surface area contributed by atoms with Gasteiger partial charge in [0, 0.05) is 52.9 Å². The number of thiazole rings is 1. The SMILES string of the molecule is CCC(C)C(C(CC(=O)N1CCCC1C(OC)C(C)C(=O)N(C)C(Cc1ccccc1)c1nccs1)OC)N(C)C(=O)CCC(C)C. The molecule has 262 valence electrons. The molecule has 9 nitrogen and oxygen atoms in total. The average Bonchev–Trinajstić information content (AvgIpc) is 3.79. The maximum atomic E-state index is 14.1. The lowest BCUT2D eigenvalue weighted by Crippen LogP contribution is -2.53. The molecule has 3 amide bonds. The number of likely N-dealkylation sites (tertiary alicyclic amines) is 1. The molecule has 1 aromatic heterocycles. The van der Waals surface area contributed by atoms with E-state index in [2.05, 4.69) is 44.8 Å². The number of nitrogens with zero attached hydrogens (tertiary/aromatic N) is 4. The summed E-state index contributed by atoms with van der Waals surface area (Å²) in [6, 6.07) is 9.46. The van der Waals surface area contributed by atoms with Gasteiger partial charge in [-0.2, -0.15) is 0 Å². The smallest absolute Gasteiger partial charge is 0.228 e. The van der Waals surface area contributed by atoms with Crippen LogP contribution in [0.4, 0.5) is 0 Å². The first-order chi connectivity index (χ1) is 22.4. The van der Waals surface area contributed by atoms with Gasteiger partial charge in [-0.25, -0.2) is 4.98 Å². The number of benzene rings is 1. The Hall–Kier alpha value is -2.82. The number of methoxy groups -OCH3 is 2.